The van der Waals surface area contributed by atoms with Crippen LogP contribution >= 0.6 is 0 Å². The van der Waals surface area contributed by atoms with Crippen LogP contribution in [0.5, 0.6) is 0 Å². The molecule has 0 aliphatic carbocycles. The molecule has 0 saturated carbocycles. The van der Waals surface area contributed by atoms with E-state index in [9.17, 15) is 9.59 Å². The Kier molecular flexibility index (Phi) is 4.95. The molecule has 4 nitrogen and oxygen atoms in total. The Morgan fingerprint density at radius 2 is 2.00 bits per heavy atom. The lowest BCUT2D eigenvalue weighted by molar-refractivity contribution is -0.140. The van der Waals surface area contributed by atoms with Crippen LogP contribution in [0.15, 0.2) is 35.9 Å². The van der Waals surface area contributed by atoms with Crippen LogP contribution in [-0.2, 0) is 14.3 Å². The number of carbonyl (C=O) groups is 2. The topological polar surface area (TPSA) is 63.6 Å². The van der Waals surface area contributed by atoms with Gasteiger partial charge in [-0.05, 0) is 11.6 Å². The molecule has 1 aromatic carbocycles. The molecule has 4 heteroatoms. The van der Waals surface area contributed by atoms with Crippen LogP contribution in [0.2, 0.25) is 0 Å². The van der Waals surface area contributed by atoms with Crippen molar-refractivity contribution in [2.45, 2.75) is 0 Å². The molecule has 1 N–H and O–H groups in total. The molecule has 0 radical (unpaired) electrons. The molecule has 0 spiro atoms. The van der Waals surface area contributed by atoms with Gasteiger partial charge in [-0.1, -0.05) is 30.3 Å². The smallest absolute Gasteiger partial charge is 0.341 e. The highest BCUT2D eigenvalue weighted by atomic mass is 16.5. The predicted molar refractivity (Wildman–Crippen MR) is 58.5 cm³/mol. The largest absolute Gasteiger partial charge is 0.460 e. The molecular weight excluding hydrogens is 208 g/mol. The Morgan fingerprint density at radius 1 is 1.31 bits per heavy atom. The summed E-state index contributed by atoms with van der Waals surface area (Å²) in [4.78, 5) is 22.0. The van der Waals surface area contributed by atoms with E-state index < -0.39 is 5.97 Å². The van der Waals surface area contributed by atoms with E-state index in [4.69, 9.17) is 5.11 Å². The zero-order chi connectivity index (χ0) is 11.8. The monoisotopic (exact) mass is 220 g/mol. The van der Waals surface area contributed by atoms with E-state index in [2.05, 4.69) is 4.74 Å². The fourth-order valence-electron chi connectivity index (χ4n) is 1.09. The van der Waals surface area contributed by atoms with Crippen molar-refractivity contribution in [3.05, 3.63) is 41.5 Å². The first-order valence-corrected chi connectivity index (χ1v) is 4.78. The van der Waals surface area contributed by atoms with Gasteiger partial charge in [-0.2, -0.15) is 0 Å². The second kappa shape index (κ2) is 6.53. The number of benzene rings is 1. The van der Waals surface area contributed by atoms with Crippen molar-refractivity contribution in [2.75, 3.05) is 13.2 Å². The van der Waals surface area contributed by atoms with Gasteiger partial charge in [0.05, 0.1) is 12.2 Å². The van der Waals surface area contributed by atoms with Crippen molar-refractivity contribution in [3.63, 3.8) is 0 Å². The first kappa shape index (κ1) is 12.1. The fourth-order valence-corrected chi connectivity index (χ4v) is 1.09. The maximum Gasteiger partial charge on any atom is 0.341 e. The lowest BCUT2D eigenvalue weighted by Gasteiger charge is -2.01. The highest BCUT2D eigenvalue weighted by Crippen LogP contribution is 2.06. The number of ether oxygens (including phenoxy) is 1. The van der Waals surface area contributed by atoms with E-state index in [-0.39, 0.29) is 18.8 Å². The van der Waals surface area contributed by atoms with Crippen LogP contribution in [0.25, 0.3) is 6.08 Å². The van der Waals surface area contributed by atoms with Crippen LogP contribution in [0.1, 0.15) is 5.56 Å². The van der Waals surface area contributed by atoms with Crippen LogP contribution in [0.3, 0.4) is 0 Å². The molecule has 0 aliphatic rings. The maximum atomic E-state index is 11.3. The average molecular weight is 220 g/mol. The maximum absolute atomic E-state index is 11.3. The van der Waals surface area contributed by atoms with Crippen molar-refractivity contribution in [1.29, 1.82) is 0 Å². The SMILES string of the molecule is O=CC(=Cc1ccccc1)C(=O)OCCO. The lowest BCUT2D eigenvalue weighted by Crippen LogP contribution is -2.11. The first-order chi connectivity index (χ1) is 7.77. The number of esters is 1. The third-order valence-electron chi connectivity index (χ3n) is 1.81. The fraction of sp³-hybridized carbons (Fsp3) is 0.167. The summed E-state index contributed by atoms with van der Waals surface area (Å²) in [5.74, 6) is -0.729. The van der Waals surface area contributed by atoms with Gasteiger partial charge in [-0.25, -0.2) is 4.79 Å². The molecule has 0 bridgehead atoms. The molecule has 0 atom stereocenters. The summed E-state index contributed by atoms with van der Waals surface area (Å²) >= 11 is 0. The van der Waals surface area contributed by atoms with Crippen LogP contribution < -0.4 is 0 Å². The Balaban J connectivity index is 2.78. The van der Waals surface area contributed by atoms with Gasteiger partial charge in [0, 0.05) is 0 Å². The number of aldehydes is 1. The summed E-state index contributed by atoms with van der Waals surface area (Å²) in [6.07, 6.45) is 1.87. The van der Waals surface area contributed by atoms with Crippen LogP contribution in [0, 0.1) is 0 Å². The quantitative estimate of drug-likeness (QED) is 0.262. The summed E-state index contributed by atoms with van der Waals surface area (Å²) in [6.45, 7) is -0.373. The molecule has 0 heterocycles. The molecule has 0 unspecified atom stereocenters. The zero-order valence-electron chi connectivity index (χ0n) is 8.63. The van der Waals surface area contributed by atoms with E-state index in [0.717, 1.165) is 5.56 Å². The lowest BCUT2D eigenvalue weighted by atomic mass is 10.1. The molecular formula is C12H12O4. The molecule has 84 valence electrons. The van der Waals surface area contributed by atoms with Gasteiger partial charge in [0.2, 0.25) is 0 Å². The third-order valence-corrected chi connectivity index (χ3v) is 1.81. The molecule has 0 fully saturated rings. The second-order valence-electron chi connectivity index (χ2n) is 2.99. The highest BCUT2D eigenvalue weighted by Gasteiger charge is 2.09. The zero-order valence-corrected chi connectivity index (χ0v) is 8.63. The Labute approximate surface area is 93.2 Å². The van der Waals surface area contributed by atoms with E-state index in [1.165, 1.54) is 6.08 Å². The number of hydrogen-bond donors (Lipinski definition) is 1. The van der Waals surface area contributed by atoms with Crippen LogP contribution in [0.4, 0.5) is 0 Å². The van der Waals surface area contributed by atoms with Gasteiger partial charge >= 0.3 is 5.97 Å². The van der Waals surface area contributed by atoms with Crippen molar-refractivity contribution >= 4 is 18.3 Å². The number of aliphatic hydroxyl groups excluding tert-OH is 1. The van der Waals surface area contributed by atoms with Gasteiger partial charge in [-0.3, -0.25) is 4.79 Å². The first-order valence-electron chi connectivity index (χ1n) is 4.78. The summed E-state index contributed by atoms with van der Waals surface area (Å²) in [5, 5.41) is 8.47. The summed E-state index contributed by atoms with van der Waals surface area (Å²) in [5.41, 5.74) is 0.671. The van der Waals surface area contributed by atoms with E-state index in [0.29, 0.717) is 6.29 Å². The van der Waals surface area contributed by atoms with Gasteiger partial charge in [0.25, 0.3) is 0 Å². The predicted octanol–water partition coefficient (Wildman–Crippen LogP) is 0.804. The number of aliphatic hydroxyl groups is 1. The molecule has 0 aliphatic heterocycles. The summed E-state index contributed by atoms with van der Waals surface area (Å²) in [7, 11) is 0. The molecule has 16 heavy (non-hydrogen) atoms. The van der Waals surface area contributed by atoms with Crippen molar-refractivity contribution in [1.82, 2.24) is 0 Å². The minimum absolute atomic E-state index is 0.0698. The molecule has 1 rings (SSSR count). The van der Waals surface area contributed by atoms with Gasteiger partial charge < -0.3 is 9.84 Å². The van der Waals surface area contributed by atoms with Gasteiger partial charge in [0.15, 0.2) is 6.29 Å². The molecule has 0 saturated heterocycles. The van der Waals surface area contributed by atoms with E-state index in [1.807, 2.05) is 6.07 Å². The Bertz CT molecular complexity index is 381. The second-order valence-corrected chi connectivity index (χ2v) is 2.99. The Hall–Kier alpha value is -1.94. The minimum atomic E-state index is -0.729. The highest BCUT2D eigenvalue weighted by molar-refractivity contribution is 6.11. The van der Waals surface area contributed by atoms with Crippen LogP contribution in [-0.4, -0.2) is 30.6 Å². The molecule has 1 aromatic rings. The van der Waals surface area contributed by atoms with E-state index >= 15 is 0 Å². The minimum Gasteiger partial charge on any atom is -0.460 e. The van der Waals surface area contributed by atoms with Crippen molar-refractivity contribution in [3.8, 4) is 0 Å². The number of carbonyl (C=O) groups excluding carboxylic acids is 2. The van der Waals surface area contributed by atoms with Crippen molar-refractivity contribution in [2.24, 2.45) is 0 Å². The average Bonchev–Trinajstić information content (AvgIpc) is 2.34. The summed E-state index contributed by atoms with van der Waals surface area (Å²) < 4.78 is 4.63. The number of hydrogen-bond acceptors (Lipinski definition) is 4. The van der Waals surface area contributed by atoms with Crippen molar-refractivity contribution < 1.29 is 19.4 Å². The standard InChI is InChI=1S/C12H12O4/c13-6-7-16-12(15)11(9-14)8-10-4-2-1-3-5-10/h1-5,8-9,13H,6-7H2. The molecule has 0 amide bonds. The van der Waals surface area contributed by atoms with Gasteiger partial charge in [0.1, 0.15) is 6.61 Å². The summed E-state index contributed by atoms with van der Waals surface area (Å²) in [6, 6.07) is 8.97. The molecule has 0 aromatic heterocycles. The third kappa shape index (κ3) is 3.67. The van der Waals surface area contributed by atoms with E-state index in [1.54, 1.807) is 24.3 Å². The Morgan fingerprint density at radius 3 is 2.56 bits per heavy atom. The van der Waals surface area contributed by atoms with Gasteiger partial charge in [-0.15, -0.1) is 0 Å². The number of rotatable bonds is 5. The normalized spacial score (nSPS) is 10.9.